The van der Waals surface area contributed by atoms with E-state index in [2.05, 4.69) is 17.3 Å². The molecule has 0 radical (unpaired) electrons. The van der Waals surface area contributed by atoms with Crippen molar-refractivity contribution in [2.45, 2.75) is 33.1 Å². The van der Waals surface area contributed by atoms with Crippen LogP contribution < -0.4 is 5.32 Å². The Kier molecular flexibility index (Phi) is 4.20. The molecule has 1 spiro atoms. The third kappa shape index (κ3) is 2.68. The van der Waals surface area contributed by atoms with Crippen LogP contribution in [0.5, 0.6) is 0 Å². The predicted molar refractivity (Wildman–Crippen MR) is 58.0 cm³/mol. The first-order valence-corrected chi connectivity index (χ1v) is 5.70. The Morgan fingerprint density at radius 2 is 1.69 bits per heavy atom. The number of likely N-dealkylation sites (tertiary alicyclic amines) is 1. The monoisotopic (exact) mass is 184 g/mol. The molecule has 2 aliphatic heterocycles. The van der Waals surface area contributed by atoms with Crippen LogP contribution in [0.3, 0.4) is 0 Å². The molecule has 1 N–H and O–H groups in total. The molecule has 0 saturated carbocycles. The molecule has 0 aliphatic carbocycles. The number of hydrogen-bond donors (Lipinski definition) is 1. The summed E-state index contributed by atoms with van der Waals surface area (Å²) in [5.74, 6) is 0. The third-order valence-corrected chi connectivity index (χ3v) is 3.38. The van der Waals surface area contributed by atoms with Gasteiger partial charge in [-0.25, -0.2) is 0 Å². The Balaban J connectivity index is 0.000000396. The number of nitrogens with one attached hydrogen (secondary N) is 1. The van der Waals surface area contributed by atoms with Crippen molar-refractivity contribution in [1.29, 1.82) is 0 Å². The molecule has 0 bridgehead atoms. The molecule has 0 aromatic carbocycles. The molecule has 0 unspecified atom stereocenters. The first-order chi connectivity index (χ1) is 6.31. The molecule has 0 aromatic heterocycles. The number of piperidine rings is 1. The molecule has 0 atom stereocenters. The van der Waals surface area contributed by atoms with Crippen LogP contribution in [0.15, 0.2) is 0 Å². The van der Waals surface area contributed by atoms with Gasteiger partial charge in [0.15, 0.2) is 0 Å². The van der Waals surface area contributed by atoms with Gasteiger partial charge in [0.1, 0.15) is 0 Å². The fraction of sp³-hybridized carbons (Fsp3) is 1.00. The highest BCUT2D eigenvalue weighted by Gasteiger charge is 2.35. The average Bonchev–Trinajstić information content (AvgIpc) is 2.63. The molecule has 78 valence electrons. The van der Waals surface area contributed by atoms with Gasteiger partial charge in [-0.3, -0.25) is 0 Å². The fourth-order valence-corrected chi connectivity index (χ4v) is 2.32. The molecule has 2 saturated heterocycles. The van der Waals surface area contributed by atoms with Gasteiger partial charge in [-0.15, -0.1) is 0 Å². The Morgan fingerprint density at radius 1 is 1.08 bits per heavy atom. The summed E-state index contributed by atoms with van der Waals surface area (Å²) in [7, 11) is 2.23. The van der Waals surface area contributed by atoms with E-state index < -0.39 is 0 Å². The molecule has 2 rings (SSSR count). The van der Waals surface area contributed by atoms with Gasteiger partial charge in [0.2, 0.25) is 0 Å². The van der Waals surface area contributed by atoms with Crippen molar-refractivity contribution in [3.8, 4) is 0 Å². The summed E-state index contributed by atoms with van der Waals surface area (Å²) in [5.41, 5.74) is 0.701. The second-order valence-electron chi connectivity index (χ2n) is 4.23. The van der Waals surface area contributed by atoms with Crippen LogP contribution in [-0.4, -0.2) is 38.1 Å². The van der Waals surface area contributed by atoms with Crippen LogP contribution in [0.2, 0.25) is 0 Å². The Labute approximate surface area is 82.7 Å². The van der Waals surface area contributed by atoms with Crippen molar-refractivity contribution in [2.24, 2.45) is 5.41 Å². The first kappa shape index (κ1) is 11.0. The van der Waals surface area contributed by atoms with E-state index in [4.69, 9.17) is 0 Å². The number of hydrogen-bond acceptors (Lipinski definition) is 2. The highest BCUT2D eigenvalue weighted by Crippen LogP contribution is 2.36. The van der Waals surface area contributed by atoms with Crippen LogP contribution in [-0.2, 0) is 0 Å². The van der Waals surface area contributed by atoms with Gasteiger partial charge in [0, 0.05) is 6.54 Å². The van der Waals surface area contributed by atoms with Gasteiger partial charge < -0.3 is 10.2 Å². The maximum atomic E-state index is 3.48. The van der Waals surface area contributed by atoms with Crippen LogP contribution in [0.4, 0.5) is 0 Å². The van der Waals surface area contributed by atoms with Gasteiger partial charge in [-0.1, -0.05) is 13.8 Å². The summed E-state index contributed by atoms with van der Waals surface area (Å²) in [6.45, 7) is 9.15. The van der Waals surface area contributed by atoms with E-state index in [0.717, 1.165) is 0 Å². The zero-order valence-corrected chi connectivity index (χ0v) is 9.40. The number of rotatable bonds is 0. The summed E-state index contributed by atoms with van der Waals surface area (Å²) in [4.78, 5) is 2.45. The zero-order chi connectivity index (χ0) is 9.73. The predicted octanol–water partition coefficient (Wildman–Crippen LogP) is 1.72. The van der Waals surface area contributed by atoms with Crippen LogP contribution in [0.25, 0.3) is 0 Å². The second-order valence-corrected chi connectivity index (χ2v) is 4.23. The van der Waals surface area contributed by atoms with Crippen molar-refractivity contribution in [2.75, 3.05) is 33.2 Å². The lowest BCUT2D eigenvalue weighted by Gasteiger charge is -2.37. The summed E-state index contributed by atoms with van der Waals surface area (Å²) in [5, 5.41) is 3.48. The first-order valence-electron chi connectivity index (χ1n) is 5.70. The highest BCUT2D eigenvalue weighted by molar-refractivity contribution is 4.91. The SMILES string of the molecule is CC.CN1CCC2(CCNC2)CC1. The maximum absolute atomic E-state index is 3.48. The van der Waals surface area contributed by atoms with E-state index in [-0.39, 0.29) is 0 Å². The van der Waals surface area contributed by atoms with Crippen molar-refractivity contribution in [3.63, 3.8) is 0 Å². The summed E-state index contributed by atoms with van der Waals surface area (Å²) in [6.07, 6.45) is 4.24. The van der Waals surface area contributed by atoms with Crippen molar-refractivity contribution >= 4 is 0 Å². The van der Waals surface area contributed by atoms with Crippen LogP contribution >= 0.6 is 0 Å². The quantitative estimate of drug-likeness (QED) is 0.616. The zero-order valence-electron chi connectivity index (χ0n) is 9.40. The Bertz CT molecular complexity index is 129. The van der Waals surface area contributed by atoms with E-state index in [9.17, 15) is 0 Å². The second kappa shape index (κ2) is 4.97. The highest BCUT2D eigenvalue weighted by atomic mass is 15.1. The van der Waals surface area contributed by atoms with E-state index in [1.165, 1.54) is 45.4 Å². The molecule has 13 heavy (non-hydrogen) atoms. The third-order valence-electron chi connectivity index (χ3n) is 3.38. The molecule has 2 nitrogen and oxygen atoms in total. The van der Waals surface area contributed by atoms with Crippen LogP contribution in [0.1, 0.15) is 33.1 Å². The molecule has 0 amide bonds. The molecule has 2 fully saturated rings. The minimum atomic E-state index is 0.701. The molecular formula is C11H24N2. The normalized spacial score (nSPS) is 27.0. The summed E-state index contributed by atoms with van der Waals surface area (Å²) in [6, 6.07) is 0. The lowest BCUT2D eigenvalue weighted by molar-refractivity contribution is 0.140. The number of nitrogens with zero attached hydrogens (tertiary/aromatic N) is 1. The van der Waals surface area contributed by atoms with Gasteiger partial charge in [0.25, 0.3) is 0 Å². The molecule has 2 aliphatic rings. The van der Waals surface area contributed by atoms with E-state index in [1.54, 1.807) is 0 Å². The van der Waals surface area contributed by atoms with E-state index >= 15 is 0 Å². The van der Waals surface area contributed by atoms with Crippen molar-refractivity contribution in [1.82, 2.24) is 10.2 Å². The van der Waals surface area contributed by atoms with E-state index in [1.807, 2.05) is 13.8 Å². The standard InChI is InChI=1S/C9H18N2.C2H6/c1-11-6-3-9(4-7-11)2-5-10-8-9;1-2/h10H,2-8H2,1H3;1-2H3. The van der Waals surface area contributed by atoms with E-state index in [0.29, 0.717) is 5.41 Å². The Hall–Kier alpha value is -0.0800. The maximum Gasteiger partial charge on any atom is 0.000924 e. The summed E-state index contributed by atoms with van der Waals surface area (Å²) >= 11 is 0. The lowest BCUT2D eigenvalue weighted by atomic mass is 9.78. The smallest absolute Gasteiger partial charge is 0.000924 e. The molecular weight excluding hydrogens is 160 g/mol. The van der Waals surface area contributed by atoms with Crippen molar-refractivity contribution in [3.05, 3.63) is 0 Å². The van der Waals surface area contributed by atoms with Crippen molar-refractivity contribution < 1.29 is 0 Å². The topological polar surface area (TPSA) is 15.3 Å². The van der Waals surface area contributed by atoms with Gasteiger partial charge in [0.05, 0.1) is 0 Å². The van der Waals surface area contributed by atoms with Gasteiger partial charge >= 0.3 is 0 Å². The van der Waals surface area contributed by atoms with Crippen LogP contribution in [0, 0.1) is 5.41 Å². The minimum absolute atomic E-state index is 0.701. The van der Waals surface area contributed by atoms with Gasteiger partial charge in [-0.2, -0.15) is 0 Å². The molecule has 2 heterocycles. The van der Waals surface area contributed by atoms with Gasteiger partial charge in [-0.05, 0) is 51.4 Å². The Morgan fingerprint density at radius 3 is 2.15 bits per heavy atom. The fourth-order valence-electron chi connectivity index (χ4n) is 2.32. The molecule has 0 aromatic rings. The molecule has 2 heteroatoms. The largest absolute Gasteiger partial charge is 0.316 e. The summed E-state index contributed by atoms with van der Waals surface area (Å²) < 4.78 is 0. The average molecular weight is 184 g/mol. The lowest BCUT2D eigenvalue weighted by Crippen LogP contribution is -2.39. The minimum Gasteiger partial charge on any atom is -0.316 e.